The van der Waals surface area contributed by atoms with Gasteiger partial charge in [0.2, 0.25) is 5.91 Å². The molecule has 2 rings (SSSR count). The van der Waals surface area contributed by atoms with Crippen LogP contribution in [0.3, 0.4) is 0 Å². The number of amides is 1. The lowest BCUT2D eigenvalue weighted by Crippen LogP contribution is -2.46. The van der Waals surface area contributed by atoms with Gasteiger partial charge in [-0.05, 0) is 50.8 Å². The Hall–Kier alpha value is -2.08. The van der Waals surface area contributed by atoms with Crippen LogP contribution in [0, 0.1) is 5.92 Å². The molecule has 1 heterocycles. The van der Waals surface area contributed by atoms with Gasteiger partial charge in [-0.15, -0.1) is 0 Å². The average molecular weight is 402 g/mol. The molecule has 1 aromatic carbocycles. The smallest absolute Gasteiger partial charge is 0.221 e. The Labute approximate surface area is 176 Å². The molecule has 6 nitrogen and oxygen atoms in total. The van der Waals surface area contributed by atoms with Crippen LogP contribution in [0.2, 0.25) is 0 Å². The quantitative estimate of drug-likeness (QED) is 0.320. The first kappa shape index (κ1) is 23.2. The number of likely N-dealkylation sites (tertiary alicyclic amines) is 1. The van der Waals surface area contributed by atoms with Crippen LogP contribution >= 0.6 is 0 Å². The van der Waals surface area contributed by atoms with E-state index in [2.05, 4.69) is 64.7 Å². The van der Waals surface area contributed by atoms with Crippen molar-refractivity contribution in [2.45, 2.75) is 51.4 Å². The Bertz CT molecular complexity index is 642. The molecule has 1 saturated heterocycles. The van der Waals surface area contributed by atoms with E-state index in [1.54, 1.807) is 0 Å². The van der Waals surface area contributed by atoms with Crippen LogP contribution in [0.1, 0.15) is 51.5 Å². The fraction of sp³-hybridized carbons (Fsp3) is 0.652. The third-order valence-corrected chi connectivity index (χ3v) is 6.41. The molecule has 6 heteroatoms. The molecule has 29 heavy (non-hydrogen) atoms. The van der Waals surface area contributed by atoms with E-state index >= 15 is 0 Å². The lowest BCUT2D eigenvalue weighted by Gasteiger charge is -2.33. The molecule has 1 aromatic rings. The molecule has 0 aromatic heterocycles. The number of hydrogen-bond donors (Lipinski definition) is 3. The van der Waals surface area contributed by atoms with Gasteiger partial charge in [-0.2, -0.15) is 0 Å². The van der Waals surface area contributed by atoms with E-state index in [1.165, 1.54) is 5.56 Å². The van der Waals surface area contributed by atoms with E-state index in [9.17, 15) is 4.79 Å². The highest BCUT2D eigenvalue weighted by atomic mass is 16.1. The molecule has 1 fully saturated rings. The predicted molar refractivity (Wildman–Crippen MR) is 121 cm³/mol. The number of hydrogen-bond acceptors (Lipinski definition) is 3. The van der Waals surface area contributed by atoms with E-state index < -0.39 is 0 Å². The summed E-state index contributed by atoms with van der Waals surface area (Å²) in [5.41, 5.74) is 6.96. The Morgan fingerprint density at radius 2 is 1.97 bits per heavy atom. The number of aliphatic imine (C=N–C) groups is 1. The summed E-state index contributed by atoms with van der Waals surface area (Å²) >= 11 is 0. The molecule has 4 N–H and O–H groups in total. The largest absolute Gasteiger partial charge is 0.369 e. The van der Waals surface area contributed by atoms with Crippen molar-refractivity contribution in [3.8, 4) is 0 Å². The van der Waals surface area contributed by atoms with Crippen LogP contribution in [0.15, 0.2) is 35.3 Å². The first-order valence-electron chi connectivity index (χ1n) is 11.1. The molecule has 1 amide bonds. The summed E-state index contributed by atoms with van der Waals surface area (Å²) in [6.45, 7) is 9.06. The number of piperidine rings is 1. The maximum Gasteiger partial charge on any atom is 0.221 e. The van der Waals surface area contributed by atoms with E-state index in [4.69, 9.17) is 5.73 Å². The minimum Gasteiger partial charge on any atom is -0.369 e. The second-order valence-corrected chi connectivity index (χ2v) is 8.10. The first-order chi connectivity index (χ1) is 14.0. The highest BCUT2D eigenvalue weighted by Crippen LogP contribution is 2.30. The van der Waals surface area contributed by atoms with Crippen LogP contribution in [-0.4, -0.2) is 56.5 Å². The van der Waals surface area contributed by atoms with Gasteiger partial charge in [-0.1, -0.05) is 44.2 Å². The van der Waals surface area contributed by atoms with E-state index in [0.29, 0.717) is 0 Å². The van der Waals surface area contributed by atoms with Crippen LogP contribution in [-0.2, 0) is 10.2 Å². The molecule has 162 valence electrons. The summed E-state index contributed by atoms with van der Waals surface area (Å²) < 4.78 is 0. The molecule has 0 bridgehead atoms. The number of carbonyl (C=O) groups is 1. The zero-order valence-electron chi connectivity index (χ0n) is 18.4. The summed E-state index contributed by atoms with van der Waals surface area (Å²) in [6, 6.07) is 10.8. The second kappa shape index (κ2) is 11.8. The van der Waals surface area contributed by atoms with Crippen LogP contribution < -0.4 is 16.4 Å². The molecule has 0 spiro atoms. The molecule has 0 radical (unpaired) electrons. The summed E-state index contributed by atoms with van der Waals surface area (Å²) in [6.07, 6.45) is 5.15. The molecule has 1 atom stereocenters. The number of rotatable bonds is 10. The Balaban J connectivity index is 1.78. The van der Waals surface area contributed by atoms with Crippen molar-refractivity contribution < 1.29 is 4.79 Å². The highest BCUT2D eigenvalue weighted by Gasteiger charge is 2.28. The molecule has 0 aliphatic carbocycles. The van der Waals surface area contributed by atoms with Gasteiger partial charge in [0.15, 0.2) is 5.96 Å². The topological polar surface area (TPSA) is 82.8 Å². The third kappa shape index (κ3) is 6.74. The van der Waals surface area contributed by atoms with Gasteiger partial charge in [-0.3, -0.25) is 9.79 Å². The van der Waals surface area contributed by atoms with Crippen molar-refractivity contribution in [3.63, 3.8) is 0 Å². The van der Waals surface area contributed by atoms with Gasteiger partial charge in [-0.25, -0.2) is 0 Å². The maximum atomic E-state index is 11.4. The SMILES string of the molecule is CCC(CC)(CNC(=NC)NCCCN1CCCC(C(N)=O)C1)c1ccccc1. The van der Waals surface area contributed by atoms with E-state index in [1.807, 2.05) is 7.05 Å². The minimum atomic E-state index is -0.161. The number of guanidine groups is 1. The van der Waals surface area contributed by atoms with Crippen LogP contribution in [0.4, 0.5) is 0 Å². The normalized spacial score (nSPS) is 18.4. The molecule has 0 saturated carbocycles. The number of nitrogens with zero attached hydrogens (tertiary/aromatic N) is 2. The molecular weight excluding hydrogens is 362 g/mol. The summed E-state index contributed by atoms with van der Waals surface area (Å²) in [5, 5.41) is 6.97. The van der Waals surface area contributed by atoms with Gasteiger partial charge in [0, 0.05) is 32.1 Å². The van der Waals surface area contributed by atoms with Gasteiger partial charge < -0.3 is 21.3 Å². The first-order valence-corrected chi connectivity index (χ1v) is 11.1. The number of benzene rings is 1. The van der Waals surface area contributed by atoms with Gasteiger partial charge in [0.05, 0.1) is 5.92 Å². The van der Waals surface area contributed by atoms with E-state index in [0.717, 1.165) is 70.8 Å². The van der Waals surface area contributed by atoms with Gasteiger partial charge in [0.1, 0.15) is 0 Å². The van der Waals surface area contributed by atoms with Gasteiger partial charge >= 0.3 is 0 Å². The van der Waals surface area contributed by atoms with E-state index in [-0.39, 0.29) is 17.2 Å². The Morgan fingerprint density at radius 3 is 2.59 bits per heavy atom. The zero-order valence-corrected chi connectivity index (χ0v) is 18.4. The van der Waals surface area contributed by atoms with Crippen molar-refractivity contribution in [1.29, 1.82) is 0 Å². The average Bonchev–Trinajstić information content (AvgIpc) is 2.77. The van der Waals surface area contributed by atoms with Crippen molar-refractivity contribution >= 4 is 11.9 Å². The van der Waals surface area contributed by atoms with Gasteiger partial charge in [0.25, 0.3) is 0 Å². The maximum absolute atomic E-state index is 11.4. The summed E-state index contributed by atoms with van der Waals surface area (Å²) in [5.74, 6) is 0.701. The molecular formula is C23H39N5O. The third-order valence-electron chi connectivity index (χ3n) is 6.41. The second-order valence-electron chi connectivity index (χ2n) is 8.10. The minimum absolute atomic E-state index is 0.0142. The van der Waals surface area contributed by atoms with Crippen molar-refractivity contribution in [2.24, 2.45) is 16.6 Å². The lowest BCUT2D eigenvalue weighted by molar-refractivity contribution is -0.123. The van der Waals surface area contributed by atoms with Crippen molar-refractivity contribution in [2.75, 3.05) is 39.8 Å². The monoisotopic (exact) mass is 401 g/mol. The van der Waals surface area contributed by atoms with Crippen molar-refractivity contribution in [3.05, 3.63) is 35.9 Å². The molecule has 1 aliphatic rings. The molecule has 1 unspecified atom stereocenters. The zero-order chi connectivity index (χ0) is 21.1. The number of primary amides is 1. The fourth-order valence-electron chi connectivity index (χ4n) is 4.28. The number of nitrogens with one attached hydrogen (secondary N) is 2. The van der Waals surface area contributed by atoms with Crippen LogP contribution in [0.25, 0.3) is 0 Å². The van der Waals surface area contributed by atoms with Crippen LogP contribution in [0.5, 0.6) is 0 Å². The standard InChI is InChI=1S/C23H39N5O/c1-4-23(5-2,20-12-7-6-8-13-20)18-27-22(25-3)26-14-10-16-28-15-9-11-19(17-28)21(24)29/h6-8,12-13,19H,4-5,9-11,14-18H2,1-3H3,(H2,24,29)(H2,25,26,27). The summed E-state index contributed by atoms with van der Waals surface area (Å²) in [4.78, 5) is 18.2. The Morgan fingerprint density at radius 1 is 1.24 bits per heavy atom. The lowest BCUT2D eigenvalue weighted by atomic mass is 9.76. The predicted octanol–water partition coefficient (Wildman–Crippen LogP) is 2.50. The highest BCUT2D eigenvalue weighted by molar-refractivity contribution is 5.79. The Kier molecular flexibility index (Phi) is 9.45. The fourth-order valence-corrected chi connectivity index (χ4v) is 4.28. The summed E-state index contributed by atoms with van der Waals surface area (Å²) in [7, 11) is 1.82. The number of carbonyl (C=O) groups excluding carboxylic acids is 1. The number of nitrogens with two attached hydrogens (primary N) is 1. The van der Waals surface area contributed by atoms with Crippen molar-refractivity contribution in [1.82, 2.24) is 15.5 Å². The molecule has 1 aliphatic heterocycles.